The summed E-state index contributed by atoms with van der Waals surface area (Å²) in [5.41, 5.74) is 3.61. The number of pyridine rings is 1. The van der Waals surface area contributed by atoms with Crippen molar-refractivity contribution in [2.24, 2.45) is 0 Å². The van der Waals surface area contributed by atoms with Gasteiger partial charge in [-0.2, -0.15) is 0 Å². The summed E-state index contributed by atoms with van der Waals surface area (Å²) in [5.74, 6) is 0. The summed E-state index contributed by atoms with van der Waals surface area (Å²) in [6.45, 7) is 7.65. The maximum atomic E-state index is 4.47. The number of nitrogens with zero attached hydrogens (tertiary/aromatic N) is 3. The van der Waals surface area contributed by atoms with Gasteiger partial charge in [-0.25, -0.2) is 4.98 Å². The van der Waals surface area contributed by atoms with E-state index in [2.05, 4.69) is 44.9 Å². The summed E-state index contributed by atoms with van der Waals surface area (Å²) in [7, 11) is 0. The van der Waals surface area contributed by atoms with Crippen LogP contribution in [-0.4, -0.2) is 40.5 Å². The molecule has 4 nitrogen and oxygen atoms in total. The van der Waals surface area contributed by atoms with Crippen molar-refractivity contribution in [3.05, 3.63) is 35.8 Å². The standard InChI is InChI=1S/C14H20N4/c1-12-3-4-14-16-9-13(18(14)10-12)11-17-7-2-5-15-6-8-17/h3-4,9-10,15H,2,5-8,11H2,1H3. The summed E-state index contributed by atoms with van der Waals surface area (Å²) in [4.78, 5) is 6.98. The summed E-state index contributed by atoms with van der Waals surface area (Å²) in [6.07, 6.45) is 5.41. The van der Waals surface area contributed by atoms with Crippen LogP contribution >= 0.6 is 0 Å². The average molecular weight is 244 g/mol. The molecule has 0 radical (unpaired) electrons. The first kappa shape index (κ1) is 11.7. The molecule has 1 fully saturated rings. The van der Waals surface area contributed by atoms with E-state index in [4.69, 9.17) is 0 Å². The minimum Gasteiger partial charge on any atom is -0.315 e. The Morgan fingerprint density at radius 3 is 3.17 bits per heavy atom. The molecule has 0 aliphatic carbocycles. The molecule has 0 bridgehead atoms. The van der Waals surface area contributed by atoms with Gasteiger partial charge in [-0.1, -0.05) is 6.07 Å². The average Bonchev–Trinajstić information content (AvgIpc) is 2.60. The molecule has 0 aromatic carbocycles. The molecule has 18 heavy (non-hydrogen) atoms. The van der Waals surface area contributed by atoms with Crippen molar-refractivity contribution in [1.29, 1.82) is 0 Å². The Morgan fingerprint density at radius 1 is 1.28 bits per heavy atom. The van der Waals surface area contributed by atoms with Gasteiger partial charge in [0.2, 0.25) is 0 Å². The zero-order chi connectivity index (χ0) is 12.4. The van der Waals surface area contributed by atoms with Gasteiger partial charge in [0.15, 0.2) is 0 Å². The Bertz CT molecular complexity index is 524. The Balaban J connectivity index is 1.83. The number of aromatic nitrogens is 2. The molecule has 0 atom stereocenters. The molecule has 2 aromatic heterocycles. The summed E-state index contributed by atoms with van der Waals surface area (Å²) >= 11 is 0. The smallest absolute Gasteiger partial charge is 0.136 e. The van der Waals surface area contributed by atoms with Crippen LogP contribution in [0.3, 0.4) is 0 Å². The van der Waals surface area contributed by atoms with E-state index >= 15 is 0 Å². The molecule has 0 amide bonds. The van der Waals surface area contributed by atoms with Crippen LogP contribution in [0.1, 0.15) is 17.7 Å². The number of aryl methyl sites for hydroxylation is 1. The number of fused-ring (bicyclic) bond motifs is 1. The van der Waals surface area contributed by atoms with Gasteiger partial charge < -0.3 is 9.72 Å². The summed E-state index contributed by atoms with van der Waals surface area (Å²) < 4.78 is 2.22. The van der Waals surface area contributed by atoms with Crippen LogP contribution in [0.4, 0.5) is 0 Å². The SMILES string of the molecule is Cc1ccc2ncc(CN3CCCNCC3)n2c1. The fraction of sp³-hybridized carbons (Fsp3) is 0.500. The second-order valence-electron chi connectivity index (χ2n) is 5.06. The Labute approximate surface area is 108 Å². The van der Waals surface area contributed by atoms with Crippen LogP contribution in [0.2, 0.25) is 0 Å². The normalized spacial score (nSPS) is 18.1. The van der Waals surface area contributed by atoms with Crippen molar-refractivity contribution >= 4 is 5.65 Å². The number of rotatable bonds is 2. The monoisotopic (exact) mass is 244 g/mol. The van der Waals surface area contributed by atoms with E-state index in [1.807, 2.05) is 6.20 Å². The third-order valence-electron chi connectivity index (χ3n) is 3.55. The lowest BCUT2D eigenvalue weighted by molar-refractivity contribution is 0.280. The second-order valence-corrected chi connectivity index (χ2v) is 5.06. The van der Waals surface area contributed by atoms with E-state index < -0.39 is 0 Å². The van der Waals surface area contributed by atoms with Crippen molar-refractivity contribution in [2.75, 3.05) is 26.2 Å². The predicted molar refractivity (Wildman–Crippen MR) is 72.7 cm³/mol. The van der Waals surface area contributed by atoms with E-state index in [0.29, 0.717) is 0 Å². The molecule has 3 rings (SSSR count). The van der Waals surface area contributed by atoms with Crippen LogP contribution in [0.5, 0.6) is 0 Å². The molecular weight excluding hydrogens is 224 g/mol. The first-order valence-electron chi connectivity index (χ1n) is 6.68. The van der Waals surface area contributed by atoms with Crippen molar-refractivity contribution < 1.29 is 0 Å². The molecule has 1 aliphatic rings. The van der Waals surface area contributed by atoms with E-state index in [9.17, 15) is 0 Å². The largest absolute Gasteiger partial charge is 0.315 e. The zero-order valence-electron chi connectivity index (χ0n) is 10.9. The molecule has 1 saturated heterocycles. The van der Waals surface area contributed by atoms with Crippen LogP contribution in [0.15, 0.2) is 24.5 Å². The van der Waals surface area contributed by atoms with Crippen molar-refractivity contribution in [1.82, 2.24) is 19.6 Å². The number of imidazole rings is 1. The molecule has 1 aliphatic heterocycles. The first-order chi connectivity index (χ1) is 8.83. The van der Waals surface area contributed by atoms with Gasteiger partial charge in [-0.05, 0) is 38.1 Å². The number of nitrogens with one attached hydrogen (secondary N) is 1. The fourth-order valence-corrected chi connectivity index (χ4v) is 2.54. The van der Waals surface area contributed by atoms with E-state index in [-0.39, 0.29) is 0 Å². The maximum absolute atomic E-state index is 4.47. The molecule has 3 heterocycles. The molecule has 0 spiro atoms. The molecular formula is C14H20N4. The van der Waals surface area contributed by atoms with Gasteiger partial charge in [0.25, 0.3) is 0 Å². The van der Waals surface area contributed by atoms with Crippen LogP contribution in [-0.2, 0) is 6.54 Å². The highest BCUT2D eigenvalue weighted by Gasteiger charge is 2.11. The van der Waals surface area contributed by atoms with Crippen molar-refractivity contribution in [3.8, 4) is 0 Å². The van der Waals surface area contributed by atoms with Crippen LogP contribution in [0.25, 0.3) is 5.65 Å². The highest BCUT2D eigenvalue weighted by molar-refractivity contribution is 5.41. The Kier molecular flexibility index (Phi) is 3.30. The van der Waals surface area contributed by atoms with Crippen LogP contribution in [0, 0.1) is 6.92 Å². The molecule has 0 unspecified atom stereocenters. The third-order valence-corrected chi connectivity index (χ3v) is 3.55. The van der Waals surface area contributed by atoms with E-state index in [0.717, 1.165) is 31.8 Å². The van der Waals surface area contributed by atoms with E-state index in [1.54, 1.807) is 0 Å². The van der Waals surface area contributed by atoms with Gasteiger partial charge in [0.1, 0.15) is 5.65 Å². The zero-order valence-corrected chi connectivity index (χ0v) is 10.9. The number of hydrogen-bond acceptors (Lipinski definition) is 3. The van der Waals surface area contributed by atoms with Crippen LogP contribution < -0.4 is 5.32 Å². The highest BCUT2D eigenvalue weighted by Crippen LogP contribution is 2.11. The lowest BCUT2D eigenvalue weighted by atomic mass is 10.3. The third kappa shape index (κ3) is 2.40. The lowest BCUT2D eigenvalue weighted by Crippen LogP contribution is -2.28. The Hall–Kier alpha value is -1.39. The summed E-state index contributed by atoms with van der Waals surface area (Å²) in [5, 5.41) is 3.44. The van der Waals surface area contributed by atoms with Gasteiger partial charge >= 0.3 is 0 Å². The van der Waals surface area contributed by atoms with Crippen molar-refractivity contribution in [3.63, 3.8) is 0 Å². The molecule has 1 N–H and O–H groups in total. The quantitative estimate of drug-likeness (QED) is 0.867. The minimum atomic E-state index is 0.992. The van der Waals surface area contributed by atoms with E-state index in [1.165, 1.54) is 24.2 Å². The van der Waals surface area contributed by atoms with Gasteiger partial charge in [0, 0.05) is 25.8 Å². The molecule has 2 aromatic rings. The number of hydrogen-bond donors (Lipinski definition) is 1. The van der Waals surface area contributed by atoms with Gasteiger partial charge in [0.05, 0.1) is 11.9 Å². The first-order valence-corrected chi connectivity index (χ1v) is 6.68. The topological polar surface area (TPSA) is 32.6 Å². The Morgan fingerprint density at radius 2 is 2.22 bits per heavy atom. The predicted octanol–water partition coefficient (Wildman–Crippen LogP) is 1.44. The molecule has 0 saturated carbocycles. The minimum absolute atomic E-state index is 0.992. The second kappa shape index (κ2) is 5.08. The van der Waals surface area contributed by atoms with Crippen molar-refractivity contribution in [2.45, 2.75) is 19.9 Å². The highest BCUT2D eigenvalue weighted by atomic mass is 15.2. The molecule has 4 heteroatoms. The fourth-order valence-electron chi connectivity index (χ4n) is 2.54. The maximum Gasteiger partial charge on any atom is 0.136 e. The molecule has 96 valence electrons. The van der Waals surface area contributed by atoms with Gasteiger partial charge in [-0.3, -0.25) is 4.90 Å². The van der Waals surface area contributed by atoms with Gasteiger partial charge in [-0.15, -0.1) is 0 Å². The lowest BCUT2D eigenvalue weighted by Gasteiger charge is -2.18. The summed E-state index contributed by atoms with van der Waals surface area (Å²) in [6, 6.07) is 4.20.